The van der Waals surface area contributed by atoms with E-state index in [-0.39, 0.29) is 35.5 Å². The fourth-order valence-electron chi connectivity index (χ4n) is 3.42. The summed E-state index contributed by atoms with van der Waals surface area (Å²) in [5.41, 5.74) is 7.44. The fourth-order valence-corrected chi connectivity index (χ4v) is 3.42. The maximum atomic E-state index is 13.5. The predicted molar refractivity (Wildman–Crippen MR) is 110 cm³/mol. The number of ketones is 1. The van der Waals surface area contributed by atoms with E-state index in [9.17, 15) is 14.4 Å². The average Bonchev–Trinajstić information content (AvgIpc) is 2.62. The average molecular weight is 393 g/mol. The number of rotatable bonds is 5. The molecule has 3 rings (SSSR count). The van der Waals surface area contributed by atoms with E-state index in [4.69, 9.17) is 5.73 Å². The van der Waals surface area contributed by atoms with Crippen molar-refractivity contribution in [3.8, 4) is 0 Å². The van der Waals surface area contributed by atoms with Crippen molar-refractivity contribution >= 4 is 11.7 Å². The fraction of sp³-hybridized carbons (Fsp3) is 0.286. The van der Waals surface area contributed by atoms with E-state index >= 15 is 0 Å². The van der Waals surface area contributed by atoms with Crippen LogP contribution in [0.2, 0.25) is 0 Å². The highest BCUT2D eigenvalue weighted by atomic mass is 16.2. The molecule has 8 heteroatoms. The van der Waals surface area contributed by atoms with Crippen molar-refractivity contribution in [3.63, 3.8) is 0 Å². The van der Waals surface area contributed by atoms with Gasteiger partial charge in [0, 0.05) is 17.3 Å². The molecule has 2 aromatic heterocycles. The summed E-state index contributed by atoms with van der Waals surface area (Å²) in [6.45, 7) is 7.37. The molecule has 0 amide bonds. The number of aryl methyl sites for hydroxylation is 2. The number of carbonyl (C=O) groups is 1. The molecule has 8 nitrogen and oxygen atoms in total. The van der Waals surface area contributed by atoms with Crippen LogP contribution in [-0.4, -0.2) is 25.3 Å². The van der Waals surface area contributed by atoms with Gasteiger partial charge in [-0.15, -0.1) is 0 Å². The second-order valence-corrected chi connectivity index (χ2v) is 7.37. The van der Waals surface area contributed by atoms with E-state index in [1.165, 1.54) is 10.8 Å². The Balaban J connectivity index is 2.28. The van der Waals surface area contributed by atoms with E-state index in [1.807, 2.05) is 19.9 Å². The normalized spacial score (nSPS) is 11.1. The Morgan fingerprint density at radius 3 is 2.41 bits per heavy atom. The van der Waals surface area contributed by atoms with Gasteiger partial charge in [-0.1, -0.05) is 31.0 Å². The number of nitrogen functional groups attached to an aromatic ring is 1. The molecule has 29 heavy (non-hydrogen) atoms. The first-order valence-corrected chi connectivity index (χ1v) is 9.24. The first-order valence-electron chi connectivity index (χ1n) is 9.24. The Morgan fingerprint density at radius 1 is 1.17 bits per heavy atom. The molecule has 2 heterocycles. The number of carbonyl (C=O) groups excluding carboxylic acids is 1. The molecule has 0 unspecified atom stereocenters. The monoisotopic (exact) mass is 393 g/mol. The van der Waals surface area contributed by atoms with Crippen molar-refractivity contribution in [2.24, 2.45) is 0 Å². The highest BCUT2D eigenvalue weighted by Gasteiger charge is 2.25. The summed E-state index contributed by atoms with van der Waals surface area (Å²) >= 11 is 0. The van der Waals surface area contributed by atoms with Gasteiger partial charge in [-0.25, -0.2) is 14.8 Å². The number of aromatic amines is 1. The van der Waals surface area contributed by atoms with Gasteiger partial charge in [-0.05, 0) is 38.0 Å². The number of benzene rings is 1. The molecule has 0 spiro atoms. The van der Waals surface area contributed by atoms with Crippen LogP contribution in [0.15, 0.2) is 40.1 Å². The van der Waals surface area contributed by atoms with Crippen molar-refractivity contribution < 1.29 is 4.79 Å². The standard InChI is InChI=1S/C21H23N5O3/c1-11(2)16-17(18(27)14-8-12(3)7-13(4)9-14)26(21(29)25-19(16)28)10-15-5-6-23-20(22)24-15/h5-9,11H,10H2,1-4H3,(H2,22,23,24)(H,25,28,29). The van der Waals surface area contributed by atoms with Crippen LogP contribution >= 0.6 is 0 Å². The summed E-state index contributed by atoms with van der Waals surface area (Å²) in [5.74, 6) is -0.595. The predicted octanol–water partition coefficient (Wildman–Crippen LogP) is 1.93. The molecule has 0 saturated carbocycles. The summed E-state index contributed by atoms with van der Waals surface area (Å²) in [5, 5.41) is 0. The van der Waals surface area contributed by atoms with E-state index in [0.29, 0.717) is 11.3 Å². The second-order valence-electron chi connectivity index (χ2n) is 7.37. The number of aromatic nitrogens is 4. The van der Waals surface area contributed by atoms with Gasteiger partial charge >= 0.3 is 5.69 Å². The maximum Gasteiger partial charge on any atom is 0.329 e. The van der Waals surface area contributed by atoms with Crippen LogP contribution in [0.4, 0.5) is 5.95 Å². The number of nitrogens with zero attached hydrogens (tertiary/aromatic N) is 3. The third-order valence-electron chi connectivity index (χ3n) is 4.56. The second kappa shape index (κ2) is 7.83. The van der Waals surface area contributed by atoms with Gasteiger partial charge in [-0.3, -0.25) is 19.1 Å². The Bertz CT molecular complexity index is 1190. The zero-order valence-electron chi connectivity index (χ0n) is 16.8. The summed E-state index contributed by atoms with van der Waals surface area (Å²) in [4.78, 5) is 49.0. The highest BCUT2D eigenvalue weighted by Crippen LogP contribution is 2.20. The van der Waals surface area contributed by atoms with Crippen LogP contribution in [0, 0.1) is 13.8 Å². The SMILES string of the molecule is Cc1cc(C)cc(C(=O)c2c(C(C)C)c(=O)[nH]c(=O)n2Cc2ccnc(N)n2)c1. The Kier molecular flexibility index (Phi) is 5.45. The molecule has 150 valence electrons. The number of anilines is 1. The van der Waals surface area contributed by atoms with Crippen LogP contribution in [-0.2, 0) is 6.54 Å². The number of hydrogen-bond acceptors (Lipinski definition) is 6. The van der Waals surface area contributed by atoms with Gasteiger partial charge in [0.2, 0.25) is 11.7 Å². The third-order valence-corrected chi connectivity index (χ3v) is 4.56. The topological polar surface area (TPSA) is 124 Å². The van der Waals surface area contributed by atoms with Crippen molar-refractivity contribution in [1.82, 2.24) is 19.5 Å². The van der Waals surface area contributed by atoms with Gasteiger partial charge in [0.15, 0.2) is 0 Å². The molecule has 0 atom stereocenters. The summed E-state index contributed by atoms with van der Waals surface area (Å²) in [6.07, 6.45) is 1.48. The van der Waals surface area contributed by atoms with Crippen molar-refractivity contribution in [2.75, 3.05) is 5.73 Å². The highest BCUT2D eigenvalue weighted by molar-refractivity contribution is 6.09. The quantitative estimate of drug-likeness (QED) is 0.638. The lowest BCUT2D eigenvalue weighted by Gasteiger charge is -2.17. The number of hydrogen-bond donors (Lipinski definition) is 2. The molecule has 3 aromatic rings. The number of H-pyrrole nitrogens is 1. The summed E-state index contributed by atoms with van der Waals surface area (Å²) < 4.78 is 1.25. The minimum absolute atomic E-state index is 0.0199. The third kappa shape index (κ3) is 4.16. The Hall–Kier alpha value is -3.55. The molecule has 0 aliphatic heterocycles. The van der Waals surface area contributed by atoms with Crippen molar-refractivity contribution in [1.29, 1.82) is 0 Å². The molecule has 1 aromatic carbocycles. The zero-order chi connectivity index (χ0) is 21.3. The molecule has 0 bridgehead atoms. The first-order chi connectivity index (χ1) is 13.7. The van der Waals surface area contributed by atoms with Crippen molar-refractivity contribution in [3.05, 3.63) is 84.9 Å². The molecule has 0 aliphatic carbocycles. The van der Waals surface area contributed by atoms with Crippen LogP contribution in [0.5, 0.6) is 0 Å². The van der Waals surface area contributed by atoms with Crippen LogP contribution in [0.25, 0.3) is 0 Å². The molecule has 0 fully saturated rings. The van der Waals surface area contributed by atoms with Crippen LogP contribution < -0.4 is 17.0 Å². The minimum atomic E-state index is -0.677. The van der Waals surface area contributed by atoms with Gasteiger partial charge in [0.1, 0.15) is 5.69 Å². The Morgan fingerprint density at radius 2 is 1.83 bits per heavy atom. The van der Waals surface area contributed by atoms with Crippen LogP contribution in [0.3, 0.4) is 0 Å². The smallest absolute Gasteiger partial charge is 0.329 e. The number of nitrogens with two attached hydrogens (primary N) is 1. The largest absolute Gasteiger partial charge is 0.368 e. The van der Waals surface area contributed by atoms with E-state index < -0.39 is 11.2 Å². The molecular formula is C21H23N5O3. The molecule has 0 saturated heterocycles. The lowest BCUT2D eigenvalue weighted by molar-refractivity contribution is 0.102. The molecule has 0 radical (unpaired) electrons. The minimum Gasteiger partial charge on any atom is -0.368 e. The van der Waals surface area contributed by atoms with E-state index in [2.05, 4.69) is 15.0 Å². The lowest BCUT2D eigenvalue weighted by atomic mass is 9.95. The molecule has 3 N–H and O–H groups in total. The zero-order valence-corrected chi connectivity index (χ0v) is 16.8. The molecule has 0 aliphatic rings. The Labute approximate surface area is 167 Å². The number of nitrogens with one attached hydrogen (secondary N) is 1. The lowest BCUT2D eigenvalue weighted by Crippen LogP contribution is -2.38. The van der Waals surface area contributed by atoms with E-state index in [0.717, 1.165) is 11.1 Å². The van der Waals surface area contributed by atoms with Gasteiger partial charge in [0.05, 0.1) is 12.2 Å². The van der Waals surface area contributed by atoms with E-state index in [1.54, 1.807) is 32.0 Å². The van der Waals surface area contributed by atoms with Crippen LogP contribution in [0.1, 0.15) is 58.2 Å². The van der Waals surface area contributed by atoms with Crippen molar-refractivity contribution in [2.45, 2.75) is 40.2 Å². The van der Waals surface area contributed by atoms with Gasteiger partial charge in [-0.2, -0.15) is 0 Å². The molecular weight excluding hydrogens is 370 g/mol. The van der Waals surface area contributed by atoms with Gasteiger partial charge in [0.25, 0.3) is 5.56 Å². The summed E-state index contributed by atoms with van der Waals surface area (Å²) in [6, 6.07) is 7.05. The maximum absolute atomic E-state index is 13.5. The summed E-state index contributed by atoms with van der Waals surface area (Å²) in [7, 11) is 0. The first kappa shape index (κ1) is 20.2. The van der Waals surface area contributed by atoms with Gasteiger partial charge < -0.3 is 5.73 Å².